The summed E-state index contributed by atoms with van der Waals surface area (Å²) < 4.78 is 1.73. The highest BCUT2D eigenvalue weighted by Gasteiger charge is 2.14. The lowest BCUT2D eigenvalue weighted by atomic mass is 10.2. The van der Waals surface area contributed by atoms with E-state index in [2.05, 4.69) is 10.4 Å². The van der Waals surface area contributed by atoms with Crippen LogP contribution in [-0.4, -0.2) is 33.4 Å². The number of aliphatic hydroxyl groups is 1. The molecule has 0 radical (unpaired) electrons. The molecule has 0 saturated carbocycles. The molecule has 2 N–H and O–H groups in total. The van der Waals surface area contributed by atoms with Crippen LogP contribution in [0.3, 0.4) is 0 Å². The first kappa shape index (κ1) is 14.3. The van der Waals surface area contributed by atoms with Crippen molar-refractivity contribution in [1.29, 1.82) is 0 Å². The Labute approximate surface area is 118 Å². The number of hydrogen-bond acceptors (Lipinski definition) is 3. The van der Waals surface area contributed by atoms with Gasteiger partial charge in [0.15, 0.2) is 5.69 Å². The zero-order valence-corrected chi connectivity index (χ0v) is 11.9. The molecule has 0 fully saturated rings. The Kier molecular flexibility index (Phi) is 4.20. The first-order valence-corrected chi connectivity index (χ1v) is 6.56. The van der Waals surface area contributed by atoms with Gasteiger partial charge in [0.1, 0.15) is 0 Å². The van der Waals surface area contributed by atoms with Gasteiger partial charge in [-0.2, -0.15) is 5.10 Å². The van der Waals surface area contributed by atoms with Crippen molar-refractivity contribution in [2.75, 3.05) is 6.61 Å². The van der Waals surface area contributed by atoms with E-state index in [1.54, 1.807) is 17.7 Å². The van der Waals surface area contributed by atoms with Crippen molar-refractivity contribution in [3.8, 4) is 5.69 Å². The van der Waals surface area contributed by atoms with Gasteiger partial charge in [0, 0.05) is 11.7 Å². The largest absolute Gasteiger partial charge is 0.394 e. The third-order valence-electron chi connectivity index (χ3n) is 3.05. The van der Waals surface area contributed by atoms with Crippen LogP contribution in [0.1, 0.15) is 28.7 Å². The zero-order valence-electron chi connectivity index (χ0n) is 11.9. The first-order valence-electron chi connectivity index (χ1n) is 6.56. The zero-order chi connectivity index (χ0) is 14.7. The number of amides is 1. The van der Waals surface area contributed by atoms with Gasteiger partial charge in [-0.05, 0) is 39.0 Å². The molecule has 0 aliphatic carbocycles. The number of nitrogens with one attached hydrogen (secondary N) is 1. The van der Waals surface area contributed by atoms with Crippen LogP contribution in [0.25, 0.3) is 5.69 Å². The van der Waals surface area contributed by atoms with Crippen LogP contribution in [0, 0.1) is 13.8 Å². The fraction of sp³-hybridized carbons (Fsp3) is 0.333. The number of aliphatic hydroxyl groups excluding tert-OH is 1. The number of rotatable bonds is 4. The molecule has 1 heterocycles. The standard InChI is InChI=1S/C15H19N3O2/c1-10-4-6-13(7-5-10)18-12(3)8-14(17-18)15(20)16-11(2)9-19/h4-8,11,19H,9H2,1-3H3,(H,16,20). The summed E-state index contributed by atoms with van der Waals surface area (Å²) in [5.41, 5.74) is 3.33. The van der Waals surface area contributed by atoms with Crippen LogP contribution in [-0.2, 0) is 0 Å². The van der Waals surface area contributed by atoms with Crippen molar-refractivity contribution in [3.63, 3.8) is 0 Å². The van der Waals surface area contributed by atoms with E-state index in [0.717, 1.165) is 11.4 Å². The number of carbonyl (C=O) groups is 1. The van der Waals surface area contributed by atoms with Gasteiger partial charge in [-0.15, -0.1) is 0 Å². The van der Waals surface area contributed by atoms with Gasteiger partial charge in [-0.1, -0.05) is 17.7 Å². The SMILES string of the molecule is Cc1ccc(-n2nc(C(=O)NC(C)CO)cc2C)cc1. The monoisotopic (exact) mass is 273 g/mol. The Morgan fingerprint density at radius 1 is 1.35 bits per heavy atom. The molecule has 5 nitrogen and oxygen atoms in total. The number of benzene rings is 1. The van der Waals surface area contributed by atoms with Crippen LogP contribution in [0.5, 0.6) is 0 Å². The van der Waals surface area contributed by atoms with Crippen LogP contribution >= 0.6 is 0 Å². The third-order valence-corrected chi connectivity index (χ3v) is 3.05. The summed E-state index contributed by atoms with van der Waals surface area (Å²) in [6.07, 6.45) is 0. The predicted molar refractivity (Wildman–Crippen MR) is 77.1 cm³/mol. The molecule has 1 unspecified atom stereocenters. The van der Waals surface area contributed by atoms with Crippen molar-refractivity contribution in [2.24, 2.45) is 0 Å². The normalized spacial score (nSPS) is 12.2. The number of nitrogens with zero attached hydrogens (tertiary/aromatic N) is 2. The van der Waals surface area contributed by atoms with E-state index in [1.165, 1.54) is 5.56 Å². The molecule has 5 heteroatoms. The number of hydrogen-bond donors (Lipinski definition) is 2. The topological polar surface area (TPSA) is 67.2 Å². The minimum Gasteiger partial charge on any atom is -0.394 e. The maximum atomic E-state index is 12.0. The highest BCUT2D eigenvalue weighted by atomic mass is 16.3. The molecule has 0 aliphatic rings. The molecule has 106 valence electrons. The molecule has 1 amide bonds. The number of aromatic nitrogens is 2. The molecule has 20 heavy (non-hydrogen) atoms. The van der Waals surface area contributed by atoms with Gasteiger partial charge in [0.25, 0.3) is 5.91 Å². The molecule has 1 aromatic heterocycles. The van der Waals surface area contributed by atoms with Crippen molar-refractivity contribution in [1.82, 2.24) is 15.1 Å². The van der Waals surface area contributed by atoms with Crippen molar-refractivity contribution in [3.05, 3.63) is 47.3 Å². The Morgan fingerprint density at radius 3 is 2.60 bits per heavy atom. The Bertz CT molecular complexity index is 602. The van der Waals surface area contributed by atoms with Crippen LogP contribution < -0.4 is 5.32 Å². The summed E-state index contributed by atoms with van der Waals surface area (Å²) >= 11 is 0. The molecule has 1 aromatic carbocycles. The van der Waals surface area contributed by atoms with Gasteiger partial charge in [0.05, 0.1) is 12.3 Å². The Morgan fingerprint density at radius 2 is 2.00 bits per heavy atom. The average molecular weight is 273 g/mol. The minimum absolute atomic E-state index is 0.0939. The quantitative estimate of drug-likeness (QED) is 0.889. The van der Waals surface area contributed by atoms with E-state index < -0.39 is 0 Å². The summed E-state index contributed by atoms with van der Waals surface area (Å²) in [6.45, 7) is 5.57. The van der Waals surface area contributed by atoms with Crippen LogP contribution in [0.15, 0.2) is 30.3 Å². The minimum atomic E-state index is -0.285. The van der Waals surface area contributed by atoms with Gasteiger partial charge in [-0.25, -0.2) is 4.68 Å². The van der Waals surface area contributed by atoms with E-state index in [9.17, 15) is 4.79 Å². The third kappa shape index (κ3) is 3.05. The van der Waals surface area contributed by atoms with E-state index in [4.69, 9.17) is 5.11 Å². The highest BCUT2D eigenvalue weighted by Crippen LogP contribution is 2.13. The summed E-state index contributed by atoms with van der Waals surface area (Å²) in [4.78, 5) is 12.0. The summed E-state index contributed by atoms with van der Waals surface area (Å²) in [6, 6.07) is 9.39. The molecule has 1 atom stereocenters. The van der Waals surface area contributed by atoms with E-state index in [0.29, 0.717) is 5.69 Å². The number of carbonyl (C=O) groups excluding carboxylic acids is 1. The first-order chi connectivity index (χ1) is 9.51. The summed E-state index contributed by atoms with van der Waals surface area (Å²) in [7, 11) is 0. The fourth-order valence-corrected chi connectivity index (χ4v) is 1.88. The molecular formula is C15H19N3O2. The van der Waals surface area contributed by atoms with Crippen LogP contribution in [0.4, 0.5) is 0 Å². The molecule has 0 aliphatic heterocycles. The van der Waals surface area contributed by atoms with Crippen LogP contribution in [0.2, 0.25) is 0 Å². The molecule has 0 saturated heterocycles. The molecular weight excluding hydrogens is 254 g/mol. The van der Waals surface area contributed by atoms with E-state index in [1.807, 2.05) is 38.1 Å². The average Bonchev–Trinajstić information content (AvgIpc) is 2.81. The highest BCUT2D eigenvalue weighted by molar-refractivity contribution is 5.92. The number of aryl methyl sites for hydroxylation is 2. The van der Waals surface area contributed by atoms with Gasteiger partial charge in [0.2, 0.25) is 0 Å². The summed E-state index contributed by atoms with van der Waals surface area (Å²) in [5, 5.41) is 16.0. The maximum Gasteiger partial charge on any atom is 0.272 e. The lowest BCUT2D eigenvalue weighted by Crippen LogP contribution is -2.35. The van der Waals surface area contributed by atoms with Crippen molar-refractivity contribution < 1.29 is 9.90 Å². The molecule has 2 rings (SSSR count). The Hall–Kier alpha value is -2.14. The van der Waals surface area contributed by atoms with E-state index >= 15 is 0 Å². The maximum absolute atomic E-state index is 12.0. The van der Waals surface area contributed by atoms with Crippen molar-refractivity contribution in [2.45, 2.75) is 26.8 Å². The van der Waals surface area contributed by atoms with Gasteiger partial charge >= 0.3 is 0 Å². The van der Waals surface area contributed by atoms with E-state index in [-0.39, 0.29) is 18.6 Å². The second-order valence-corrected chi connectivity index (χ2v) is 4.98. The fourth-order valence-electron chi connectivity index (χ4n) is 1.88. The molecule has 2 aromatic rings. The van der Waals surface area contributed by atoms with Gasteiger partial charge < -0.3 is 10.4 Å². The smallest absolute Gasteiger partial charge is 0.272 e. The lowest BCUT2D eigenvalue weighted by molar-refractivity contribution is 0.0917. The van der Waals surface area contributed by atoms with Gasteiger partial charge in [-0.3, -0.25) is 4.79 Å². The Balaban J connectivity index is 2.25. The van der Waals surface area contributed by atoms with Crippen molar-refractivity contribution >= 4 is 5.91 Å². The second kappa shape index (κ2) is 5.88. The molecule has 0 bridgehead atoms. The summed E-state index contributed by atoms with van der Waals surface area (Å²) in [5.74, 6) is -0.277. The second-order valence-electron chi connectivity index (χ2n) is 4.98. The lowest BCUT2D eigenvalue weighted by Gasteiger charge is -2.08. The molecule has 0 spiro atoms. The predicted octanol–water partition coefficient (Wildman–Crippen LogP) is 1.60.